The average Bonchev–Trinajstić information content (AvgIpc) is 2.70. The minimum atomic E-state index is -0.363. The average molecular weight is 423 g/mol. The third kappa shape index (κ3) is 5.55. The lowest BCUT2D eigenvalue weighted by molar-refractivity contribution is -0.119. The Morgan fingerprint density at radius 3 is 2.38 bits per heavy atom. The zero-order chi connectivity index (χ0) is 20.1. The van der Waals surface area contributed by atoms with Crippen molar-refractivity contribution in [2.75, 3.05) is 24.5 Å². The van der Waals surface area contributed by atoms with E-state index in [2.05, 4.69) is 11.8 Å². The van der Waals surface area contributed by atoms with Gasteiger partial charge < -0.3 is 9.80 Å². The molecule has 3 rings (SSSR count). The summed E-state index contributed by atoms with van der Waals surface area (Å²) in [5, 5.41) is 0. The van der Waals surface area contributed by atoms with Crippen molar-refractivity contribution in [1.82, 2.24) is 4.90 Å². The van der Waals surface area contributed by atoms with Gasteiger partial charge in [0.1, 0.15) is 11.6 Å². The summed E-state index contributed by atoms with van der Waals surface area (Å²) in [6.07, 6.45) is 1.78. The molecule has 0 aromatic heterocycles. The van der Waals surface area contributed by atoms with Gasteiger partial charge in [-0.05, 0) is 42.5 Å². The van der Waals surface area contributed by atoms with E-state index >= 15 is 0 Å². The molecule has 0 spiro atoms. The van der Waals surface area contributed by atoms with E-state index in [-0.39, 0.29) is 41.9 Å². The highest BCUT2D eigenvalue weighted by Gasteiger charge is 2.34. The fourth-order valence-electron chi connectivity index (χ4n) is 4.10. The van der Waals surface area contributed by atoms with Crippen LogP contribution < -0.4 is 4.90 Å². The molecule has 2 atom stereocenters. The minimum absolute atomic E-state index is 0. The zero-order valence-electron chi connectivity index (χ0n) is 17.0. The molecule has 0 saturated carbocycles. The van der Waals surface area contributed by atoms with Crippen molar-refractivity contribution in [3.63, 3.8) is 0 Å². The first kappa shape index (κ1) is 23.3. The molecule has 1 saturated heterocycles. The molecule has 1 fully saturated rings. The van der Waals surface area contributed by atoms with E-state index in [4.69, 9.17) is 0 Å². The first-order valence-corrected chi connectivity index (χ1v) is 10.0. The fraction of sp³-hybridized carbons (Fsp3) is 0.435. The van der Waals surface area contributed by atoms with E-state index in [9.17, 15) is 13.6 Å². The number of carbonyl (C=O) groups excluding carboxylic acids is 1. The quantitative estimate of drug-likeness (QED) is 0.647. The number of amides is 1. The highest BCUT2D eigenvalue weighted by Crippen LogP contribution is 2.30. The monoisotopic (exact) mass is 422 g/mol. The molecule has 0 bridgehead atoms. The third-order valence-corrected chi connectivity index (χ3v) is 5.61. The molecule has 3 nitrogen and oxygen atoms in total. The van der Waals surface area contributed by atoms with Crippen LogP contribution in [0.25, 0.3) is 0 Å². The van der Waals surface area contributed by atoms with Crippen LogP contribution in [-0.4, -0.2) is 36.5 Å². The number of para-hydroxylation sites is 1. The number of likely N-dealkylation sites (tertiary alicyclic amines) is 1. The maximum Gasteiger partial charge on any atom is 0.227 e. The first-order valence-electron chi connectivity index (χ1n) is 10.0. The second-order valence-electron chi connectivity index (χ2n) is 7.54. The van der Waals surface area contributed by atoms with E-state index in [1.54, 1.807) is 29.2 Å². The van der Waals surface area contributed by atoms with Gasteiger partial charge in [0.2, 0.25) is 5.91 Å². The normalized spacial score (nSPS) is 19.4. The molecule has 29 heavy (non-hydrogen) atoms. The Labute approximate surface area is 178 Å². The summed E-state index contributed by atoms with van der Waals surface area (Å²) in [6.45, 7) is 6.31. The van der Waals surface area contributed by atoms with Crippen molar-refractivity contribution in [3.05, 3.63) is 65.7 Å². The van der Waals surface area contributed by atoms with Crippen molar-refractivity contribution in [1.29, 1.82) is 0 Å². The van der Waals surface area contributed by atoms with E-state index in [0.29, 0.717) is 18.5 Å². The third-order valence-electron chi connectivity index (χ3n) is 5.61. The Balaban J connectivity index is 0.00000300. The molecule has 0 radical (unpaired) electrons. The lowest BCUT2D eigenvalue weighted by Gasteiger charge is -2.42. The predicted octanol–water partition coefficient (Wildman–Crippen LogP) is 5.08. The van der Waals surface area contributed by atoms with E-state index in [0.717, 1.165) is 31.6 Å². The molecule has 1 heterocycles. The van der Waals surface area contributed by atoms with Crippen LogP contribution in [0.15, 0.2) is 48.5 Å². The Hall–Kier alpha value is -1.98. The topological polar surface area (TPSA) is 23.6 Å². The van der Waals surface area contributed by atoms with Gasteiger partial charge in [-0.15, -0.1) is 12.4 Å². The molecule has 1 amide bonds. The highest BCUT2D eigenvalue weighted by atomic mass is 35.5. The Bertz CT molecular complexity index is 817. The van der Waals surface area contributed by atoms with Crippen molar-refractivity contribution in [2.24, 2.45) is 5.92 Å². The van der Waals surface area contributed by atoms with Crippen LogP contribution in [0, 0.1) is 17.6 Å². The largest absolute Gasteiger partial charge is 0.306 e. The Kier molecular flexibility index (Phi) is 8.60. The van der Waals surface area contributed by atoms with Gasteiger partial charge in [-0.25, -0.2) is 8.78 Å². The Morgan fingerprint density at radius 1 is 1.10 bits per heavy atom. The van der Waals surface area contributed by atoms with Gasteiger partial charge in [0.05, 0.1) is 5.69 Å². The van der Waals surface area contributed by atoms with Gasteiger partial charge in [-0.2, -0.15) is 0 Å². The van der Waals surface area contributed by atoms with Gasteiger partial charge in [-0.1, -0.05) is 44.2 Å². The predicted molar refractivity (Wildman–Crippen MR) is 116 cm³/mol. The molecular weight excluding hydrogens is 394 g/mol. The number of benzene rings is 2. The summed E-state index contributed by atoms with van der Waals surface area (Å²) < 4.78 is 28.2. The van der Waals surface area contributed by atoms with Crippen LogP contribution in [0.2, 0.25) is 0 Å². The molecule has 2 aromatic carbocycles. The number of piperidine rings is 1. The molecule has 158 valence electrons. The zero-order valence-corrected chi connectivity index (χ0v) is 17.8. The number of anilines is 1. The lowest BCUT2D eigenvalue weighted by atomic mass is 9.91. The van der Waals surface area contributed by atoms with Crippen LogP contribution in [-0.2, 0) is 11.2 Å². The van der Waals surface area contributed by atoms with E-state index < -0.39 is 0 Å². The standard InChI is InChI=1S/C23H28F2N2O.ClH/c1-3-23(28)27(22-11-7-6-10-20(22)25)21-13-15-26(16-17(21)2)14-12-18-8-4-5-9-19(18)24;/h4-11,17,21H,3,12-16H2,1-2H3;1H/t17-,21+;/m0./s1. The number of hydrogen-bond donors (Lipinski definition) is 0. The SMILES string of the molecule is CCC(=O)N(c1ccccc1F)[C@@H]1CCN(CCc2ccccc2F)C[C@@H]1C.Cl. The Morgan fingerprint density at radius 2 is 1.76 bits per heavy atom. The summed E-state index contributed by atoms with van der Waals surface area (Å²) in [4.78, 5) is 16.6. The van der Waals surface area contributed by atoms with Gasteiger partial charge >= 0.3 is 0 Å². The maximum atomic E-state index is 14.4. The second kappa shape index (κ2) is 10.7. The van der Waals surface area contributed by atoms with Crippen molar-refractivity contribution >= 4 is 24.0 Å². The van der Waals surface area contributed by atoms with Gasteiger partial charge in [0.25, 0.3) is 0 Å². The summed E-state index contributed by atoms with van der Waals surface area (Å²) in [7, 11) is 0. The second-order valence-corrected chi connectivity index (χ2v) is 7.54. The van der Waals surface area contributed by atoms with Crippen molar-refractivity contribution < 1.29 is 13.6 Å². The van der Waals surface area contributed by atoms with Crippen LogP contribution in [0.1, 0.15) is 32.3 Å². The van der Waals surface area contributed by atoms with E-state index in [1.165, 1.54) is 12.1 Å². The van der Waals surface area contributed by atoms with Crippen molar-refractivity contribution in [2.45, 2.75) is 39.2 Å². The number of rotatable bonds is 6. The van der Waals surface area contributed by atoms with Crippen molar-refractivity contribution in [3.8, 4) is 0 Å². The van der Waals surface area contributed by atoms with E-state index in [1.807, 2.05) is 19.1 Å². The number of carbonyl (C=O) groups is 1. The number of hydrogen-bond acceptors (Lipinski definition) is 2. The van der Waals surface area contributed by atoms with Crippen LogP contribution in [0.5, 0.6) is 0 Å². The molecular formula is C23H29ClF2N2O. The van der Waals surface area contributed by atoms with Gasteiger partial charge in [-0.3, -0.25) is 4.79 Å². The van der Waals surface area contributed by atoms with Crippen LogP contribution in [0.4, 0.5) is 14.5 Å². The van der Waals surface area contributed by atoms with Crippen LogP contribution >= 0.6 is 12.4 Å². The lowest BCUT2D eigenvalue weighted by Crippen LogP contribution is -2.52. The molecule has 1 aliphatic heterocycles. The van der Waals surface area contributed by atoms with Crippen LogP contribution in [0.3, 0.4) is 0 Å². The smallest absolute Gasteiger partial charge is 0.227 e. The highest BCUT2D eigenvalue weighted by molar-refractivity contribution is 5.94. The fourth-order valence-corrected chi connectivity index (χ4v) is 4.10. The molecule has 2 aromatic rings. The summed E-state index contributed by atoms with van der Waals surface area (Å²) in [5.41, 5.74) is 1.09. The first-order chi connectivity index (χ1) is 13.5. The molecule has 6 heteroatoms. The summed E-state index contributed by atoms with van der Waals surface area (Å²) >= 11 is 0. The van der Waals surface area contributed by atoms with Gasteiger partial charge in [0.15, 0.2) is 0 Å². The summed E-state index contributed by atoms with van der Waals surface area (Å²) in [6, 6.07) is 13.3. The summed E-state index contributed by atoms with van der Waals surface area (Å²) in [5.74, 6) is -0.380. The maximum absolute atomic E-state index is 14.4. The molecule has 1 aliphatic rings. The molecule has 0 unspecified atom stereocenters. The van der Waals surface area contributed by atoms with Gasteiger partial charge in [0, 0.05) is 32.1 Å². The minimum Gasteiger partial charge on any atom is -0.306 e. The number of halogens is 3. The number of nitrogens with zero attached hydrogens (tertiary/aromatic N) is 2. The molecule has 0 N–H and O–H groups in total. The molecule has 0 aliphatic carbocycles.